The number of terminal acetylenes is 1. The SMILES string of the molecule is C#CCCCCNC(=O)[C@H](N)Cc1ccccc1. The van der Waals surface area contributed by atoms with Gasteiger partial charge in [-0.2, -0.15) is 0 Å². The molecular weight excluding hydrogens is 224 g/mol. The summed E-state index contributed by atoms with van der Waals surface area (Å²) in [5.41, 5.74) is 6.92. The Bertz CT molecular complexity index is 395. The molecule has 0 aliphatic rings. The van der Waals surface area contributed by atoms with Crippen molar-refractivity contribution in [3.8, 4) is 12.3 Å². The Morgan fingerprint density at radius 1 is 1.33 bits per heavy atom. The van der Waals surface area contributed by atoms with Crippen molar-refractivity contribution in [3.63, 3.8) is 0 Å². The van der Waals surface area contributed by atoms with Gasteiger partial charge >= 0.3 is 0 Å². The van der Waals surface area contributed by atoms with Crippen molar-refractivity contribution in [2.75, 3.05) is 6.54 Å². The molecule has 0 aliphatic heterocycles. The molecule has 3 N–H and O–H groups in total. The highest BCUT2D eigenvalue weighted by Gasteiger charge is 2.12. The molecule has 3 heteroatoms. The van der Waals surface area contributed by atoms with E-state index >= 15 is 0 Å². The first-order valence-electron chi connectivity index (χ1n) is 6.24. The molecular formula is C15H20N2O. The summed E-state index contributed by atoms with van der Waals surface area (Å²) in [7, 11) is 0. The smallest absolute Gasteiger partial charge is 0.237 e. The van der Waals surface area contributed by atoms with E-state index in [-0.39, 0.29) is 5.91 Å². The minimum Gasteiger partial charge on any atom is -0.355 e. The van der Waals surface area contributed by atoms with Crippen molar-refractivity contribution in [1.29, 1.82) is 0 Å². The predicted octanol–water partition coefficient (Wildman–Crippen LogP) is 1.48. The molecule has 0 bridgehead atoms. The van der Waals surface area contributed by atoms with Crippen molar-refractivity contribution < 1.29 is 4.79 Å². The second-order valence-electron chi connectivity index (χ2n) is 4.25. The Labute approximate surface area is 109 Å². The van der Waals surface area contributed by atoms with Gasteiger partial charge in [0.05, 0.1) is 6.04 Å². The van der Waals surface area contributed by atoms with E-state index in [2.05, 4.69) is 11.2 Å². The fourth-order valence-corrected chi connectivity index (χ4v) is 1.66. The number of nitrogens with two attached hydrogens (primary N) is 1. The lowest BCUT2D eigenvalue weighted by molar-refractivity contribution is -0.122. The molecule has 0 aromatic heterocycles. The van der Waals surface area contributed by atoms with Crippen LogP contribution in [0.2, 0.25) is 0 Å². The predicted molar refractivity (Wildman–Crippen MR) is 73.8 cm³/mol. The molecule has 18 heavy (non-hydrogen) atoms. The molecule has 1 rings (SSSR count). The number of amides is 1. The highest BCUT2D eigenvalue weighted by Crippen LogP contribution is 2.02. The minimum atomic E-state index is -0.486. The van der Waals surface area contributed by atoms with Gasteiger partial charge in [-0.3, -0.25) is 4.79 Å². The second kappa shape index (κ2) is 8.32. The number of unbranched alkanes of at least 4 members (excludes halogenated alkanes) is 2. The molecule has 0 aliphatic carbocycles. The summed E-state index contributed by atoms with van der Waals surface area (Å²) in [5, 5.41) is 2.83. The van der Waals surface area contributed by atoms with Crippen molar-refractivity contribution in [3.05, 3.63) is 35.9 Å². The molecule has 96 valence electrons. The zero-order valence-corrected chi connectivity index (χ0v) is 10.6. The lowest BCUT2D eigenvalue weighted by atomic mass is 10.1. The fraction of sp³-hybridized carbons (Fsp3) is 0.400. The van der Waals surface area contributed by atoms with E-state index in [0.717, 1.165) is 24.8 Å². The largest absolute Gasteiger partial charge is 0.355 e. The quantitative estimate of drug-likeness (QED) is 0.564. The number of carbonyl (C=O) groups is 1. The number of benzene rings is 1. The number of hydrogen-bond acceptors (Lipinski definition) is 2. The normalized spacial score (nSPS) is 11.6. The fourth-order valence-electron chi connectivity index (χ4n) is 1.66. The minimum absolute atomic E-state index is 0.0976. The first kappa shape index (κ1) is 14.3. The number of nitrogens with one attached hydrogen (secondary N) is 1. The van der Waals surface area contributed by atoms with E-state index in [0.29, 0.717) is 13.0 Å². The van der Waals surface area contributed by atoms with Gasteiger partial charge in [-0.05, 0) is 24.8 Å². The van der Waals surface area contributed by atoms with Gasteiger partial charge in [0.15, 0.2) is 0 Å². The monoisotopic (exact) mass is 244 g/mol. The maximum atomic E-state index is 11.7. The summed E-state index contributed by atoms with van der Waals surface area (Å²) < 4.78 is 0. The first-order valence-corrected chi connectivity index (χ1v) is 6.24. The Kier molecular flexibility index (Phi) is 6.60. The van der Waals surface area contributed by atoms with Crippen LogP contribution in [0.3, 0.4) is 0 Å². The maximum absolute atomic E-state index is 11.7. The van der Waals surface area contributed by atoms with Crippen LogP contribution >= 0.6 is 0 Å². The lowest BCUT2D eigenvalue weighted by Crippen LogP contribution is -2.42. The summed E-state index contributed by atoms with van der Waals surface area (Å²) in [6.07, 6.45) is 8.30. The third kappa shape index (κ3) is 5.51. The van der Waals surface area contributed by atoms with Crippen molar-refractivity contribution in [2.45, 2.75) is 31.7 Å². The van der Waals surface area contributed by atoms with Gasteiger partial charge in [-0.25, -0.2) is 0 Å². The molecule has 0 heterocycles. The molecule has 0 saturated carbocycles. The molecule has 1 aromatic carbocycles. The van der Waals surface area contributed by atoms with E-state index in [9.17, 15) is 4.79 Å². The van der Waals surface area contributed by atoms with Crippen LogP contribution in [0.5, 0.6) is 0 Å². The van der Waals surface area contributed by atoms with E-state index in [4.69, 9.17) is 12.2 Å². The topological polar surface area (TPSA) is 55.1 Å². The molecule has 1 amide bonds. The van der Waals surface area contributed by atoms with Crippen LogP contribution in [0.25, 0.3) is 0 Å². The summed E-state index contributed by atoms with van der Waals surface area (Å²) in [6.45, 7) is 0.642. The van der Waals surface area contributed by atoms with Crippen LogP contribution in [0.15, 0.2) is 30.3 Å². The summed E-state index contributed by atoms with van der Waals surface area (Å²) >= 11 is 0. The molecule has 0 fully saturated rings. The Morgan fingerprint density at radius 3 is 2.72 bits per heavy atom. The van der Waals surface area contributed by atoms with Gasteiger partial charge in [-0.1, -0.05) is 30.3 Å². The maximum Gasteiger partial charge on any atom is 0.237 e. The molecule has 1 atom stereocenters. The van der Waals surface area contributed by atoms with E-state index in [1.54, 1.807) is 0 Å². The van der Waals surface area contributed by atoms with Crippen LogP contribution in [0.4, 0.5) is 0 Å². The molecule has 0 unspecified atom stereocenters. The number of hydrogen-bond donors (Lipinski definition) is 2. The zero-order chi connectivity index (χ0) is 13.2. The third-order valence-electron chi connectivity index (χ3n) is 2.68. The Hall–Kier alpha value is -1.79. The zero-order valence-electron chi connectivity index (χ0n) is 10.6. The average molecular weight is 244 g/mol. The van der Waals surface area contributed by atoms with Crippen molar-refractivity contribution in [2.24, 2.45) is 5.73 Å². The van der Waals surface area contributed by atoms with Crippen LogP contribution in [0.1, 0.15) is 24.8 Å². The third-order valence-corrected chi connectivity index (χ3v) is 2.68. The first-order chi connectivity index (χ1) is 8.74. The highest BCUT2D eigenvalue weighted by molar-refractivity contribution is 5.81. The summed E-state index contributed by atoms with van der Waals surface area (Å²) in [6, 6.07) is 9.29. The molecule has 0 saturated heterocycles. The van der Waals surface area contributed by atoms with Gasteiger partial charge in [0, 0.05) is 13.0 Å². The van der Waals surface area contributed by atoms with E-state index < -0.39 is 6.04 Å². The Balaban J connectivity index is 2.23. The van der Waals surface area contributed by atoms with Gasteiger partial charge in [0.1, 0.15) is 0 Å². The van der Waals surface area contributed by atoms with Gasteiger partial charge in [-0.15, -0.1) is 12.3 Å². The number of rotatable bonds is 7. The summed E-state index contributed by atoms with van der Waals surface area (Å²) in [5.74, 6) is 2.48. The van der Waals surface area contributed by atoms with Gasteiger partial charge in [0.2, 0.25) is 5.91 Å². The van der Waals surface area contributed by atoms with Gasteiger partial charge in [0.25, 0.3) is 0 Å². The van der Waals surface area contributed by atoms with Crippen LogP contribution in [0, 0.1) is 12.3 Å². The lowest BCUT2D eigenvalue weighted by Gasteiger charge is -2.12. The Morgan fingerprint density at radius 2 is 2.06 bits per heavy atom. The number of carbonyl (C=O) groups excluding carboxylic acids is 1. The second-order valence-corrected chi connectivity index (χ2v) is 4.25. The molecule has 3 nitrogen and oxygen atoms in total. The van der Waals surface area contributed by atoms with Crippen LogP contribution in [-0.2, 0) is 11.2 Å². The standard InChI is InChI=1S/C15H20N2O/c1-2-3-4-8-11-17-15(18)14(16)12-13-9-6-5-7-10-13/h1,5-7,9-10,14H,3-4,8,11-12,16H2,(H,17,18)/t14-/m1/s1. The van der Waals surface area contributed by atoms with Crippen LogP contribution in [-0.4, -0.2) is 18.5 Å². The molecule has 0 spiro atoms. The highest BCUT2D eigenvalue weighted by atomic mass is 16.2. The average Bonchev–Trinajstić information content (AvgIpc) is 2.39. The van der Waals surface area contributed by atoms with Crippen molar-refractivity contribution >= 4 is 5.91 Å². The van der Waals surface area contributed by atoms with Crippen molar-refractivity contribution in [1.82, 2.24) is 5.32 Å². The van der Waals surface area contributed by atoms with Gasteiger partial charge < -0.3 is 11.1 Å². The summed E-state index contributed by atoms with van der Waals surface area (Å²) in [4.78, 5) is 11.7. The van der Waals surface area contributed by atoms with E-state index in [1.807, 2.05) is 30.3 Å². The van der Waals surface area contributed by atoms with Crippen LogP contribution < -0.4 is 11.1 Å². The molecule has 1 aromatic rings. The van der Waals surface area contributed by atoms with E-state index in [1.165, 1.54) is 0 Å². The molecule has 0 radical (unpaired) electrons.